The number of pyridine rings is 1. The van der Waals surface area contributed by atoms with Gasteiger partial charge in [0.05, 0.1) is 12.8 Å². The summed E-state index contributed by atoms with van der Waals surface area (Å²) in [6.45, 7) is 2.20. The highest BCUT2D eigenvalue weighted by Crippen LogP contribution is 2.24. The molecular weight excluding hydrogens is 544 g/mol. The van der Waals surface area contributed by atoms with Crippen molar-refractivity contribution in [1.29, 1.82) is 0 Å². The first-order chi connectivity index (χ1) is 12.0. The van der Waals surface area contributed by atoms with Crippen LogP contribution >= 0.6 is 45.2 Å². The molecule has 0 aliphatic heterocycles. The van der Waals surface area contributed by atoms with E-state index in [1.807, 2.05) is 61.5 Å². The number of rotatable bonds is 5. The number of aryl methyl sites for hydroxylation is 1. The van der Waals surface area contributed by atoms with Crippen LogP contribution in [-0.4, -0.2) is 4.98 Å². The summed E-state index contributed by atoms with van der Waals surface area (Å²) >= 11 is 4.12. The van der Waals surface area contributed by atoms with E-state index >= 15 is 0 Å². The molecule has 0 saturated heterocycles. The van der Waals surface area contributed by atoms with Gasteiger partial charge in [-0.3, -0.25) is 4.79 Å². The monoisotopic (exact) mass is 559 g/mol. The molecule has 6 heteroatoms. The van der Waals surface area contributed by atoms with Crippen LogP contribution in [0.15, 0.2) is 59.4 Å². The van der Waals surface area contributed by atoms with Gasteiger partial charge in [-0.15, -0.1) is 0 Å². The lowest BCUT2D eigenvalue weighted by atomic mass is 10.3. The molecule has 1 heterocycles. The van der Waals surface area contributed by atoms with Gasteiger partial charge in [-0.2, -0.15) is 0 Å². The molecule has 0 atom stereocenters. The standard InChI is InChI=1S/C19H15I2NO3/c1-12-17(20)19(23)18(21)16(22-12)11-24-13-7-9-15(10-8-13)25-14-5-3-2-4-6-14/h2-10H,11H2,1H3,(H,22,23). The van der Waals surface area contributed by atoms with Crippen LogP contribution in [0.5, 0.6) is 17.2 Å². The largest absolute Gasteiger partial charge is 0.487 e. The molecular formula is C19H15I2NO3. The number of hydrogen-bond acceptors (Lipinski definition) is 3. The number of aromatic amines is 1. The van der Waals surface area contributed by atoms with Crippen molar-refractivity contribution >= 4 is 45.2 Å². The van der Waals surface area contributed by atoms with E-state index in [1.54, 1.807) is 0 Å². The second-order valence-electron chi connectivity index (χ2n) is 5.36. The molecule has 0 saturated carbocycles. The number of benzene rings is 2. The van der Waals surface area contributed by atoms with Crippen LogP contribution in [0.1, 0.15) is 11.4 Å². The lowest BCUT2D eigenvalue weighted by Crippen LogP contribution is -2.17. The molecule has 1 N–H and O–H groups in total. The Hall–Kier alpha value is -1.55. The summed E-state index contributed by atoms with van der Waals surface area (Å²) in [6, 6.07) is 17.0. The first-order valence-corrected chi connectivity index (χ1v) is 9.73. The van der Waals surface area contributed by atoms with Gasteiger partial charge in [-0.25, -0.2) is 0 Å². The third-order valence-electron chi connectivity index (χ3n) is 3.52. The van der Waals surface area contributed by atoms with Gasteiger partial charge in [0.25, 0.3) is 0 Å². The Morgan fingerprint density at radius 2 is 1.48 bits per heavy atom. The maximum atomic E-state index is 12.1. The summed E-state index contributed by atoms with van der Waals surface area (Å²) in [6.07, 6.45) is 0. The fraction of sp³-hybridized carbons (Fsp3) is 0.105. The number of aromatic nitrogens is 1. The van der Waals surface area contributed by atoms with Gasteiger partial charge in [-0.05, 0) is 88.5 Å². The fourth-order valence-electron chi connectivity index (χ4n) is 2.22. The average Bonchev–Trinajstić information content (AvgIpc) is 2.64. The van der Waals surface area contributed by atoms with Crippen LogP contribution in [0.2, 0.25) is 0 Å². The van der Waals surface area contributed by atoms with Crippen LogP contribution in [0.4, 0.5) is 0 Å². The normalized spacial score (nSPS) is 10.5. The second kappa shape index (κ2) is 8.22. The van der Waals surface area contributed by atoms with Crippen molar-refractivity contribution in [2.24, 2.45) is 0 Å². The Labute approximate surface area is 172 Å². The molecule has 0 aliphatic rings. The van der Waals surface area contributed by atoms with E-state index in [4.69, 9.17) is 9.47 Å². The minimum atomic E-state index is 0.0441. The lowest BCUT2D eigenvalue weighted by Gasteiger charge is -2.11. The highest BCUT2D eigenvalue weighted by Gasteiger charge is 2.11. The van der Waals surface area contributed by atoms with Gasteiger partial charge in [0, 0.05) is 5.69 Å². The summed E-state index contributed by atoms with van der Waals surface area (Å²) in [7, 11) is 0. The van der Waals surface area contributed by atoms with E-state index in [1.165, 1.54) is 0 Å². The Morgan fingerprint density at radius 3 is 2.16 bits per heavy atom. The SMILES string of the molecule is Cc1[nH]c(COc2ccc(Oc3ccccc3)cc2)c(I)c(=O)c1I. The molecule has 0 aliphatic carbocycles. The zero-order chi connectivity index (χ0) is 17.8. The minimum absolute atomic E-state index is 0.0441. The first-order valence-electron chi connectivity index (χ1n) is 7.57. The molecule has 2 aromatic carbocycles. The van der Waals surface area contributed by atoms with E-state index in [0.29, 0.717) is 19.5 Å². The number of ether oxygens (including phenoxy) is 2. The molecule has 3 aromatic rings. The first kappa shape index (κ1) is 18.2. The smallest absolute Gasteiger partial charge is 0.208 e. The maximum absolute atomic E-state index is 12.1. The predicted octanol–water partition coefficient (Wildman–Crippen LogP) is 5.26. The highest BCUT2D eigenvalue weighted by atomic mass is 127. The van der Waals surface area contributed by atoms with E-state index in [9.17, 15) is 4.79 Å². The van der Waals surface area contributed by atoms with Gasteiger partial charge in [0.2, 0.25) is 5.43 Å². The summed E-state index contributed by atoms with van der Waals surface area (Å²) in [4.78, 5) is 15.4. The van der Waals surface area contributed by atoms with E-state index in [-0.39, 0.29) is 5.43 Å². The summed E-state index contributed by atoms with van der Waals surface area (Å²) in [5, 5.41) is 0. The second-order valence-corrected chi connectivity index (χ2v) is 7.52. The van der Waals surface area contributed by atoms with Crippen molar-refractivity contribution in [2.45, 2.75) is 13.5 Å². The quantitative estimate of drug-likeness (QED) is 0.434. The van der Waals surface area contributed by atoms with Crippen LogP contribution < -0.4 is 14.9 Å². The van der Waals surface area contributed by atoms with Gasteiger partial charge in [-0.1, -0.05) is 18.2 Å². The Bertz CT molecular complexity index is 922. The van der Waals surface area contributed by atoms with E-state index in [0.717, 1.165) is 22.9 Å². The number of hydrogen-bond donors (Lipinski definition) is 1. The lowest BCUT2D eigenvalue weighted by molar-refractivity contribution is 0.299. The van der Waals surface area contributed by atoms with Gasteiger partial charge < -0.3 is 14.5 Å². The summed E-state index contributed by atoms with van der Waals surface area (Å²) < 4.78 is 12.9. The summed E-state index contributed by atoms with van der Waals surface area (Å²) in [5.41, 5.74) is 1.69. The third kappa shape index (κ3) is 4.55. The number of nitrogens with one attached hydrogen (secondary N) is 1. The molecule has 4 nitrogen and oxygen atoms in total. The molecule has 0 fully saturated rings. The minimum Gasteiger partial charge on any atom is -0.487 e. The Balaban J connectivity index is 1.67. The predicted molar refractivity (Wildman–Crippen MR) is 115 cm³/mol. The number of H-pyrrole nitrogens is 1. The van der Waals surface area contributed by atoms with Crippen LogP contribution in [0.25, 0.3) is 0 Å². The maximum Gasteiger partial charge on any atom is 0.208 e. The summed E-state index contributed by atoms with van der Waals surface area (Å²) in [5.74, 6) is 2.25. The molecule has 0 bridgehead atoms. The van der Waals surface area contributed by atoms with Crippen molar-refractivity contribution in [3.63, 3.8) is 0 Å². The molecule has 128 valence electrons. The van der Waals surface area contributed by atoms with Crippen molar-refractivity contribution in [2.75, 3.05) is 0 Å². The van der Waals surface area contributed by atoms with Gasteiger partial charge >= 0.3 is 0 Å². The number of para-hydroxylation sites is 1. The molecule has 3 rings (SSSR count). The molecule has 1 aromatic heterocycles. The molecule has 0 unspecified atom stereocenters. The molecule has 0 amide bonds. The third-order valence-corrected chi connectivity index (χ3v) is 5.96. The average molecular weight is 559 g/mol. The molecule has 0 radical (unpaired) electrons. The fourth-order valence-corrected chi connectivity index (χ4v) is 3.70. The van der Waals surface area contributed by atoms with E-state index in [2.05, 4.69) is 50.2 Å². The van der Waals surface area contributed by atoms with Crippen molar-refractivity contribution < 1.29 is 9.47 Å². The Morgan fingerprint density at radius 1 is 0.880 bits per heavy atom. The van der Waals surface area contributed by atoms with E-state index < -0.39 is 0 Å². The van der Waals surface area contributed by atoms with Crippen molar-refractivity contribution in [3.8, 4) is 17.2 Å². The topological polar surface area (TPSA) is 51.3 Å². The van der Waals surface area contributed by atoms with Crippen LogP contribution in [-0.2, 0) is 6.61 Å². The van der Waals surface area contributed by atoms with Crippen LogP contribution in [0.3, 0.4) is 0 Å². The van der Waals surface area contributed by atoms with Crippen molar-refractivity contribution in [3.05, 3.63) is 83.3 Å². The van der Waals surface area contributed by atoms with Gasteiger partial charge in [0.1, 0.15) is 23.9 Å². The number of halogens is 2. The molecule has 0 spiro atoms. The van der Waals surface area contributed by atoms with Gasteiger partial charge in [0.15, 0.2) is 0 Å². The zero-order valence-corrected chi connectivity index (χ0v) is 17.7. The van der Waals surface area contributed by atoms with Crippen LogP contribution in [0, 0.1) is 14.1 Å². The highest BCUT2D eigenvalue weighted by molar-refractivity contribution is 14.1. The zero-order valence-electron chi connectivity index (χ0n) is 13.4. The van der Waals surface area contributed by atoms with Crippen molar-refractivity contribution in [1.82, 2.24) is 4.98 Å². The Kier molecular flexibility index (Phi) is 6.00. The molecule has 25 heavy (non-hydrogen) atoms.